The molecule has 0 unspecified atom stereocenters. The van der Waals surface area contributed by atoms with Crippen molar-refractivity contribution in [1.29, 1.82) is 0 Å². The Kier molecular flexibility index (Phi) is 3.62. The third-order valence-electron chi connectivity index (χ3n) is 1.53. The van der Waals surface area contributed by atoms with Crippen molar-refractivity contribution >= 4 is 6.29 Å². The van der Waals surface area contributed by atoms with Crippen LogP contribution in [0.1, 0.15) is 12.8 Å². The number of ether oxygens (including phenoxy) is 1. The van der Waals surface area contributed by atoms with Gasteiger partial charge in [-0.05, 0) is 18.4 Å². The zero-order chi connectivity index (χ0) is 7.94. The Hall–Kier alpha value is -0.890. The molecule has 0 saturated heterocycles. The number of carbonyl (C=O) groups excluding carboxylic acids is 1. The summed E-state index contributed by atoms with van der Waals surface area (Å²) in [4.78, 5) is 9.88. The number of hydrogen-bond donors (Lipinski definition) is 0. The van der Waals surface area contributed by atoms with Crippen LogP contribution in [0.25, 0.3) is 0 Å². The molecule has 0 aromatic heterocycles. The van der Waals surface area contributed by atoms with E-state index in [9.17, 15) is 4.79 Å². The second kappa shape index (κ2) is 4.85. The van der Waals surface area contributed by atoms with E-state index in [-0.39, 0.29) is 6.61 Å². The number of allylic oxidation sites excluding steroid dienone is 2. The molecule has 1 rings (SSSR count). The van der Waals surface area contributed by atoms with Gasteiger partial charge in [0.1, 0.15) is 12.9 Å². The molecule has 0 aromatic carbocycles. The van der Waals surface area contributed by atoms with E-state index in [0.29, 0.717) is 6.61 Å². The minimum absolute atomic E-state index is 0.200. The summed E-state index contributed by atoms with van der Waals surface area (Å²) >= 11 is 0. The molecule has 1 aliphatic carbocycles. The van der Waals surface area contributed by atoms with Crippen LogP contribution < -0.4 is 0 Å². The average molecular weight is 152 g/mol. The van der Waals surface area contributed by atoms with Crippen LogP contribution in [-0.2, 0) is 9.53 Å². The lowest BCUT2D eigenvalue weighted by molar-refractivity contribution is -0.111. The van der Waals surface area contributed by atoms with Crippen LogP contribution in [0.3, 0.4) is 0 Å². The standard InChI is InChI=1S/C9H12O2/c10-6-7-11-8-9-4-2-1-3-5-9/h2,4-6H,1,3,7-8H2. The van der Waals surface area contributed by atoms with Gasteiger partial charge in [0, 0.05) is 0 Å². The van der Waals surface area contributed by atoms with Gasteiger partial charge in [-0.2, -0.15) is 0 Å². The van der Waals surface area contributed by atoms with Crippen LogP contribution >= 0.6 is 0 Å². The predicted octanol–water partition coefficient (Wildman–Crippen LogP) is 1.48. The van der Waals surface area contributed by atoms with Gasteiger partial charge in [0.15, 0.2) is 0 Å². The Morgan fingerprint density at radius 1 is 1.55 bits per heavy atom. The topological polar surface area (TPSA) is 26.3 Å². The Labute approximate surface area is 66.5 Å². The highest BCUT2D eigenvalue weighted by Gasteiger charge is 1.95. The number of hydrogen-bond acceptors (Lipinski definition) is 2. The van der Waals surface area contributed by atoms with Gasteiger partial charge >= 0.3 is 0 Å². The van der Waals surface area contributed by atoms with E-state index in [4.69, 9.17) is 4.74 Å². The molecule has 0 bridgehead atoms. The van der Waals surface area contributed by atoms with Gasteiger partial charge in [-0.1, -0.05) is 18.2 Å². The molecule has 0 heterocycles. The van der Waals surface area contributed by atoms with Crippen molar-refractivity contribution in [2.75, 3.05) is 13.2 Å². The molecule has 0 fully saturated rings. The van der Waals surface area contributed by atoms with E-state index in [2.05, 4.69) is 12.2 Å². The summed E-state index contributed by atoms with van der Waals surface area (Å²) in [6, 6.07) is 0. The Morgan fingerprint density at radius 2 is 2.45 bits per heavy atom. The molecule has 0 amide bonds. The van der Waals surface area contributed by atoms with Crippen molar-refractivity contribution in [3.63, 3.8) is 0 Å². The van der Waals surface area contributed by atoms with Crippen molar-refractivity contribution in [2.45, 2.75) is 12.8 Å². The summed E-state index contributed by atoms with van der Waals surface area (Å²) < 4.78 is 5.03. The molecule has 0 spiro atoms. The molecule has 0 N–H and O–H groups in total. The van der Waals surface area contributed by atoms with Crippen LogP contribution in [0.4, 0.5) is 0 Å². The second-order valence-corrected chi connectivity index (χ2v) is 2.44. The fraction of sp³-hybridized carbons (Fsp3) is 0.444. The lowest BCUT2D eigenvalue weighted by Gasteiger charge is -2.05. The first-order chi connectivity index (χ1) is 5.43. The smallest absolute Gasteiger partial charge is 0.145 e. The van der Waals surface area contributed by atoms with Crippen molar-refractivity contribution in [3.8, 4) is 0 Å². The zero-order valence-electron chi connectivity index (χ0n) is 6.45. The van der Waals surface area contributed by atoms with E-state index in [1.165, 1.54) is 5.57 Å². The van der Waals surface area contributed by atoms with Crippen molar-refractivity contribution in [3.05, 3.63) is 23.8 Å². The van der Waals surface area contributed by atoms with Gasteiger partial charge in [0.2, 0.25) is 0 Å². The highest BCUT2D eigenvalue weighted by Crippen LogP contribution is 2.09. The zero-order valence-corrected chi connectivity index (χ0v) is 6.45. The van der Waals surface area contributed by atoms with Gasteiger partial charge in [-0.25, -0.2) is 0 Å². The number of carbonyl (C=O) groups is 1. The summed E-state index contributed by atoms with van der Waals surface area (Å²) in [7, 11) is 0. The summed E-state index contributed by atoms with van der Waals surface area (Å²) in [6.45, 7) is 0.764. The molecule has 2 nitrogen and oxygen atoms in total. The van der Waals surface area contributed by atoms with Crippen molar-refractivity contribution < 1.29 is 9.53 Å². The maximum absolute atomic E-state index is 9.88. The van der Waals surface area contributed by atoms with Crippen LogP contribution in [0.15, 0.2) is 23.8 Å². The summed E-state index contributed by atoms with van der Waals surface area (Å²) in [5, 5.41) is 0. The predicted molar refractivity (Wildman–Crippen MR) is 43.3 cm³/mol. The van der Waals surface area contributed by atoms with Gasteiger partial charge < -0.3 is 9.53 Å². The van der Waals surface area contributed by atoms with E-state index in [1.54, 1.807) is 0 Å². The molecule has 1 aliphatic rings. The number of aldehydes is 1. The Morgan fingerprint density at radius 3 is 3.09 bits per heavy atom. The van der Waals surface area contributed by atoms with E-state index < -0.39 is 0 Å². The summed E-state index contributed by atoms with van der Waals surface area (Å²) in [5.41, 5.74) is 1.18. The van der Waals surface area contributed by atoms with E-state index >= 15 is 0 Å². The van der Waals surface area contributed by atoms with E-state index in [0.717, 1.165) is 19.1 Å². The maximum atomic E-state index is 9.88. The van der Waals surface area contributed by atoms with Crippen molar-refractivity contribution in [1.82, 2.24) is 0 Å². The maximum Gasteiger partial charge on any atom is 0.145 e. The molecule has 0 aliphatic heterocycles. The first-order valence-electron chi connectivity index (χ1n) is 3.80. The molecule has 60 valence electrons. The van der Waals surface area contributed by atoms with E-state index in [1.807, 2.05) is 6.08 Å². The Bertz CT molecular complexity index is 180. The first-order valence-corrected chi connectivity index (χ1v) is 3.80. The monoisotopic (exact) mass is 152 g/mol. The normalized spacial score (nSPS) is 16.2. The molecule has 0 aromatic rings. The lowest BCUT2D eigenvalue weighted by atomic mass is 10.1. The number of rotatable bonds is 4. The van der Waals surface area contributed by atoms with Gasteiger partial charge in [0.05, 0.1) is 6.61 Å². The molecule has 0 atom stereocenters. The summed E-state index contributed by atoms with van der Waals surface area (Å²) in [5.74, 6) is 0. The quantitative estimate of drug-likeness (QED) is 0.450. The Balaban J connectivity index is 2.20. The highest BCUT2D eigenvalue weighted by molar-refractivity contribution is 5.50. The molecule has 0 radical (unpaired) electrons. The molecule has 11 heavy (non-hydrogen) atoms. The van der Waals surface area contributed by atoms with Gasteiger partial charge in [0.25, 0.3) is 0 Å². The third kappa shape index (κ3) is 3.14. The molecule has 0 saturated carbocycles. The molecule has 2 heteroatoms. The fourth-order valence-corrected chi connectivity index (χ4v) is 1.000. The SMILES string of the molecule is O=CCOCC1=CCCC=C1. The van der Waals surface area contributed by atoms with Crippen LogP contribution in [0, 0.1) is 0 Å². The van der Waals surface area contributed by atoms with Gasteiger partial charge in [-0.3, -0.25) is 0 Å². The molecular formula is C9H12O2. The van der Waals surface area contributed by atoms with Crippen molar-refractivity contribution in [2.24, 2.45) is 0 Å². The minimum atomic E-state index is 0.200. The minimum Gasteiger partial charge on any atom is -0.369 e. The van der Waals surface area contributed by atoms with Crippen LogP contribution in [0.5, 0.6) is 0 Å². The molecular weight excluding hydrogens is 140 g/mol. The largest absolute Gasteiger partial charge is 0.369 e. The van der Waals surface area contributed by atoms with Crippen LogP contribution in [-0.4, -0.2) is 19.5 Å². The highest BCUT2D eigenvalue weighted by atomic mass is 16.5. The summed E-state index contributed by atoms with van der Waals surface area (Å²) in [6.07, 6.45) is 9.30. The third-order valence-corrected chi connectivity index (χ3v) is 1.53. The average Bonchev–Trinajstić information content (AvgIpc) is 2.07. The van der Waals surface area contributed by atoms with Gasteiger partial charge in [-0.15, -0.1) is 0 Å². The lowest BCUT2D eigenvalue weighted by Crippen LogP contribution is -2.00. The second-order valence-electron chi connectivity index (χ2n) is 2.44. The van der Waals surface area contributed by atoms with Crippen LogP contribution in [0.2, 0.25) is 0 Å². The first kappa shape index (κ1) is 8.21. The fourth-order valence-electron chi connectivity index (χ4n) is 1.000.